The smallest absolute Gasteiger partial charge is 0.303 e. The van der Waals surface area contributed by atoms with Crippen LogP contribution >= 0.6 is 0 Å². The Kier molecular flexibility index (Phi) is 7.72. The molecule has 2 heterocycles. The predicted octanol–water partition coefficient (Wildman–Crippen LogP) is 6.12. The molecule has 1 aromatic heterocycles. The van der Waals surface area contributed by atoms with Crippen LogP contribution in [0.1, 0.15) is 42.1 Å². The highest BCUT2D eigenvalue weighted by atomic mass is 19.1. The summed E-state index contributed by atoms with van der Waals surface area (Å²) in [6.45, 7) is 3.39. The van der Waals surface area contributed by atoms with Crippen LogP contribution in [0.25, 0.3) is 11.3 Å². The van der Waals surface area contributed by atoms with Crippen LogP contribution in [0.4, 0.5) is 15.9 Å². The molecule has 1 amide bonds. The third-order valence-electron chi connectivity index (χ3n) is 7.10. The van der Waals surface area contributed by atoms with Gasteiger partial charge in [-0.05, 0) is 61.7 Å². The van der Waals surface area contributed by atoms with Crippen molar-refractivity contribution < 1.29 is 19.1 Å². The average molecular weight is 527 g/mol. The van der Waals surface area contributed by atoms with Crippen LogP contribution < -0.4 is 5.32 Å². The molecule has 1 aliphatic rings. The van der Waals surface area contributed by atoms with Crippen LogP contribution in [0.3, 0.4) is 0 Å². The van der Waals surface area contributed by atoms with Gasteiger partial charge in [0.15, 0.2) is 0 Å². The zero-order chi connectivity index (χ0) is 27.4. The zero-order valence-electron chi connectivity index (χ0n) is 21.8. The van der Waals surface area contributed by atoms with Crippen LogP contribution in [0, 0.1) is 12.7 Å². The highest BCUT2D eigenvalue weighted by Gasteiger charge is 2.31. The van der Waals surface area contributed by atoms with E-state index in [4.69, 9.17) is 10.1 Å². The maximum atomic E-state index is 13.8. The second kappa shape index (κ2) is 11.5. The average Bonchev–Trinajstić information content (AvgIpc) is 3.30. The molecule has 39 heavy (non-hydrogen) atoms. The summed E-state index contributed by atoms with van der Waals surface area (Å²) in [6.07, 6.45) is 0.902. The second-order valence-corrected chi connectivity index (χ2v) is 9.88. The van der Waals surface area contributed by atoms with Gasteiger partial charge in [0, 0.05) is 30.8 Å². The minimum Gasteiger partial charge on any atom is -0.481 e. The largest absolute Gasteiger partial charge is 0.481 e. The van der Waals surface area contributed by atoms with Gasteiger partial charge in [-0.1, -0.05) is 48.0 Å². The van der Waals surface area contributed by atoms with Gasteiger partial charge in [0.2, 0.25) is 5.91 Å². The number of anilines is 2. The van der Waals surface area contributed by atoms with Crippen molar-refractivity contribution in [2.24, 2.45) is 0 Å². The molecule has 0 spiro atoms. The highest BCUT2D eigenvalue weighted by Crippen LogP contribution is 2.34. The molecule has 0 saturated heterocycles. The van der Waals surface area contributed by atoms with E-state index < -0.39 is 11.9 Å². The lowest BCUT2D eigenvalue weighted by Gasteiger charge is -2.32. The number of imidazole rings is 1. The Hall–Kier alpha value is -4.46. The van der Waals surface area contributed by atoms with Crippen LogP contribution in [-0.2, 0) is 22.7 Å². The molecular weight excluding hydrogens is 495 g/mol. The van der Waals surface area contributed by atoms with Gasteiger partial charge in [-0.3, -0.25) is 9.59 Å². The standard InChI is InChI=1S/C31H31FN4O3/c1-21-10-16-25(17-11-21)33-30-29(23-12-14-24(32)15-13-23)34-27-20-35(18-19-36(27)30)31(39)26(8-5-9-28(37)38)22-6-3-2-4-7-22/h2-4,6-7,10-17,26,33H,5,8-9,18-20H2,1H3,(H,37,38). The molecule has 200 valence electrons. The van der Waals surface area contributed by atoms with Crippen LogP contribution in [0.2, 0.25) is 0 Å². The second-order valence-electron chi connectivity index (χ2n) is 9.88. The van der Waals surface area contributed by atoms with Crippen molar-refractivity contribution in [2.75, 3.05) is 11.9 Å². The Balaban J connectivity index is 1.45. The quantitative estimate of drug-likeness (QED) is 0.274. The molecule has 1 unspecified atom stereocenters. The number of carbonyl (C=O) groups excluding carboxylic acids is 1. The summed E-state index contributed by atoms with van der Waals surface area (Å²) < 4.78 is 15.8. The summed E-state index contributed by atoms with van der Waals surface area (Å²) in [6, 6.07) is 23.9. The fourth-order valence-corrected chi connectivity index (χ4v) is 5.02. The van der Waals surface area contributed by atoms with Gasteiger partial charge in [-0.25, -0.2) is 9.37 Å². The zero-order valence-corrected chi connectivity index (χ0v) is 21.8. The molecule has 0 bridgehead atoms. The maximum Gasteiger partial charge on any atom is 0.303 e. The summed E-state index contributed by atoms with van der Waals surface area (Å²) in [4.78, 5) is 31.6. The molecule has 1 atom stereocenters. The molecular formula is C31H31FN4O3. The number of aryl methyl sites for hydroxylation is 1. The maximum absolute atomic E-state index is 13.8. The molecule has 5 rings (SSSR count). The number of hydrogen-bond acceptors (Lipinski definition) is 4. The van der Waals surface area contributed by atoms with Crippen molar-refractivity contribution in [1.82, 2.24) is 14.5 Å². The fourth-order valence-electron chi connectivity index (χ4n) is 5.02. The van der Waals surface area contributed by atoms with Gasteiger partial charge in [-0.15, -0.1) is 0 Å². The Morgan fingerprint density at radius 1 is 1.00 bits per heavy atom. The normalized spacial score (nSPS) is 13.5. The van der Waals surface area contributed by atoms with Gasteiger partial charge in [0.25, 0.3) is 0 Å². The summed E-state index contributed by atoms with van der Waals surface area (Å²) in [5.74, 6) is -0.0981. The number of aliphatic carboxylic acids is 1. The van der Waals surface area contributed by atoms with E-state index in [0.717, 1.165) is 34.0 Å². The number of carboxylic acids is 1. The summed E-state index contributed by atoms with van der Waals surface area (Å²) in [5, 5.41) is 12.6. The van der Waals surface area contributed by atoms with Crippen molar-refractivity contribution in [2.45, 2.75) is 45.2 Å². The molecule has 4 aromatic rings. The first-order valence-electron chi connectivity index (χ1n) is 13.1. The number of rotatable bonds is 9. The fraction of sp³-hybridized carbons (Fsp3) is 0.258. The number of carboxylic acid groups (broad SMARTS) is 1. The first-order chi connectivity index (χ1) is 18.9. The summed E-state index contributed by atoms with van der Waals surface area (Å²) in [5.41, 5.74) is 4.42. The van der Waals surface area contributed by atoms with Gasteiger partial charge < -0.3 is 19.9 Å². The van der Waals surface area contributed by atoms with Gasteiger partial charge in [0.05, 0.1) is 12.5 Å². The van der Waals surface area contributed by atoms with Crippen molar-refractivity contribution >= 4 is 23.4 Å². The van der Waals surface area contributed by atoms with E-state index in [9.17, 15) is 14.0 Å². The van der Waals surface area contributed by atoms with Crippen molar-refractivity contribution in [3.8, 4) is 11.3 Å². The number of carbonyl (C=O) groups is 2. The number of amides is 1. The first kappa shape index (κ1) is 26.2. The molecule has 3 aromatic carbocycles. The minimum absolute atomic E-state index is 0.0239. The van der Waals surface area contributed by atoms with E-state index in [1.807, 2.05) is 66.4 Å². The Morgan fingerprint density at radius 2 is 1.72 bits per heavy atom. The lowest BCUT2D eigenvalue weighted by molar-refractivity contribution is -0.138. The van der Waals surface area contributed by atoms with E-state index in [2.05, 4.69) is 9.88 Å². The third-order valence-corrected chi connectivity index (χ3v) is 7.10. The summed E-state index contributed by atoms with van der Waals surface area (Å²) >= 11 is 0. The lowest BCUT2D eigenvalue weighted by Crippen LogP contribution is -2.41. The number of benzene rings is 3. The Bertz CT molecular complexity index is 1450. The van der Waals surface area contributed by atoms with Crippen molar-refractivity contribution in [3.05, 3.63) is 102 Å². The van der Waals surface area contributed by atoms with E-state index in [0.29, 0.717) is 38.2 Å². The Morgan fingerprint density at radius 3 is 2.41 bits per heavy atom. The van der Waals surface area contributed by atoms with Crippen molar-refractivity contribution in [1.29, 1.82) is 0 Å². The van der Waals surface area contributed by atoms with E-state index >= 15 is 0 Å². The van der Waals surface area contributed by atoms with Crippen LogP contribution in [0.15, 0.2) is 78.9 Å². The van der Waals surface area contributed by atoms with Crippen molar-refractivity contribution in [3.63, 3.8) is 0 Å². The van der Waals surface area contributed by atoms with E-state index in [1.54, 1.807) is 12.1 Å². The number of nitrogens with zero attached hydrogens (tertiary/aromatic N) is 3. The Labute approximate surface area is 226 Å². The molecule has 8 heteroatoms. The number of nitrogens with one attached hydrogen (secondary N) is 1. The number of fused-ring (bicyclic) bond motifs is 1. The third kappa shape index (κ3) is 6.00. The molecule has 0 saturated carbocycles. The molecule has 0 fully saturated rings. The highest BCUT2D eigenvalue weighted by molar-refractivity contribution is 5.84. The number of hydrogen-bond donors (Lipinski definition) is 2. The summed E-state index contributed by atoms with van der Waals surface area (Å²) in [7, 11) is 0. The van der Waals surface area contributed by atoms with Gasteiger partial charge in [-0.2, -0.15) is 0 Å². The molecule has 0 radical (unpaired) electrons. The van der Waals surface area contributed by atoms with Gasteiger partial charge >= 0.3 is 5.97 Å². The molecule has 1 aliphatic heterocycles. The lowest BCUT2D eigenvalue weighted by atomic mass is 9.92. The van der Waals surface area contributed by atoms with E-state index in [-0.39, 0.29) is 18.1 Å². The SMILES string of the molecule is Cc1ccc(Nc2c(-c3ccc(F)cc3)nc3n2CCN(C(=O)C(CCCC(=O)O)c2ccccc2)C3)cc1. The molecule has 2 N–H and O–H groups in total. The minimum atomic E-state index is -0.865. The predicted molar refractivity (Wildman–Crippen MR) is 148 cm³/mol. The molecule has 7 nitrogen and oxygen atoms in total. The number of aromatic nitrogens is 2. The first-order valence-corrected chi connectivity index (χ1v) is 13.1. The van der Waals surface area contributed by atoms with Crippen LogP contribution in [0.5, 0.6) is 0 Å². The van der Waals surface area contributed by atoms with E-state index in [1.165, 1.54) is 12.1 Å². The topological polar surface area (TPSA) is 87.5 Å². The number of halogens is 1. The van der Waals surface area contributed by atoms with Crippen LogP contribution in [-0.4, -0.2) is 38.0 Å². The van der Waals surface area contributed by atoms with Gasteiger partial charge in [0.1, 0.15) is 23.2 Å². The molecule has 0 aliphatic carbocycles. The monoisotopic (exact) mass is 526 g/mol.